The van der Waals surface area contributed by atoms with E-state index >= 15 is 0 Å². The van der Waals surface area contributed by atoms with E-state index in [1.54, 1.807) is 12.1 Å². The molecule has 0 spiro atoms. The van der Waals surface area contributed by atoms with Gasteiger partial charge in [-0.2, -0.15) is 0 Å². The Hall–Kier alpha value is -1.68. The molecule has 0 aliphatic carbocycles. The van der Waals surface area contributed by atoms with E-state index in [0.717, 1.165) is 5.56 Å². The van der Waals surface area contributed by atoms with Gasteiger partial charge in [0.2, 0.25) is 0 Å². The monoisotopic (exact) mass is 190 g/mol. The number of fused-ring (bicyclic) bond motifs is 1. The van der Waals surface area contributed by atoms with Gasteiger partial charge in [0.05, 0.1) is 10.9 Å². The minimum atomic E-state index is -0.338. The van der Waals surface area contributed by atoms with Gasteiger partial charge in [-0.25, -0.2) is 4.98 Å². The van der Waals surface area contributed by atoms with Crippen molar-refractivity contribution in [2.24, 2.45) is 0 Å². The van der Waals surface area contributed by atoms with Gasteiger partial charge in [0.25, 0.3) is 5.56 Å². The molecule has 1 heterocycles. The normalized spacial score (nSPS) is 10.7. The van der Waals surface area contributed by atoms with Gasteiger partial charge in [-0.3, -0.25) is 9.36 Å². The average Bonchev–Trinajstić information content (AvgIpc) is 2.20. The summed E-state index contributed by atoms with van der Waals surface area (Å²) in [5.41, 5.74) is 1.46. The van der Waals surface area contributed by atoms with Crippen molar-refractivity contribution >= 4 is 10.9 Å². The Kier molecular flexibility index (Phi) is 2.05. The van der Waals surface area contributed by atoms with E-state index < -0.39 is 0 Å². The Labute approximate surface area is 80.4 Å². The summed E-state index contributed by atoms with van der Waals surface area (Å²) in [6.45, 7) is 1.57. The van der Waals surface area contributed by atoms with Crippen molar-refractivity contribution in [3.05, 3.63) is 40.4 Å². The van der Waals surface area contributed by atoms with Crippen LogP contribution >= 0.6 is 0 Å². The third-order valence-corrected chi connectivity index (χ3v) is 2.13. The van der Waals surface area contributed by atoms with Crippen molar-refractivity contribution in [2.45, 2.75) is 13.7 Å². The molecule has 0 saturated carbocycles. The van der Waals surface area contributed by atoms with Crippen molar-refractivity contribution < 1.29 is 5.11 Å². The average molecular weight is 190 g/mol. The van der Waals surface area contributed by atoms with Crippen LogP contribution in [0.3, 0.4) is 0 Å². The molecule has 14 heavy (non-hydrogen) atoms. The van der Waals surface area contributed by atoms with Crippen LogP contribution < -0.4 is 5.56 Å². The second-order valence-corrected chi connectivity index (χ2v) is 3.18. The Bertz CT molecular complexity index is 531. The van der Waals surface area contributed by atoms with E-state index in [4.69, 9.17) is 5.11 Å². The number of hydrogen-bond donors (Lipinski definition) is 1. The summed E-state index contributed by atoms with van der Waals surface area (Å²) < 4.78 is 1.17. The zero-order valence-electron chi connectivity index (χ0n) is 7.77. The van der Waals surface area contributed by atoms with Crippen LogP contribution in [0.2, 0.25) is 0 Å². The highest BCUT2D eigenvalue weighted by molar-refractivity contribution is 5.77. The zero-order chi connectivity index (χ0) is 10.1. The van der Waals surface area contributed by atoms with Crippen molar-refractivity contribution in [3.63, 3.8) is 0 Å². The molecular formula is C10H10N2O2. The second kappa shape index (κ2) is 3.23. The molecule has 4 heteroatoms. The smallest absolute Gasteiger partial charge is 0.263 e. The fourth-order valence-corrected chi connectivity index (χ4v) is 1.37. The number of hydrogen-bond acceptors (Lipinski definition) is 3. The van der Waals surface area contributed by atoms with Gasteiger partial charge in [-0.1, -0.05) is 11.6 Å². The van der Waals surface area contributed by atoms with Crippen LogP contribution in [0, 0.1) is 6.92 Å². The standard InChI is InChI=1S/C10H10N2O2/c1-7-2-3-9-8(4-7)10(14)12(6-13)5-11-9/h2-5,13H,6H2,1H3. The molecule has 1 aromatic carbocycles. The number of aliphatic hydroxyl groups is 1. The Morgan fingerprint density at radius 3 is 3.00 bits per heavy atom. The van der Waals surface area contributed by atoms with Crippen molar-refractivity contribution in [1.29, 1.82) is 0 Å². The number of aryl methyl sites for hydroxylation is 1. The molecule has 1 N–H and O–H groups in total. The largest absolute Gasteiger partial charge is 0.376 e. The van der Waals surface area contributed by atoms with Crippen molar-refractivity contribution in [1.82, 2.24) is 9.55 Å². The van der Waals surface area contributed by atoms with E-state index in [1.165, 1.54) is 10.9 Å². The van der Waals surface area contributed by atoms with Gasteiger partial charge < -0.3 is 5.11 Å². The van der Waals surface area contributed by atoms with Crippen LogP contribution in [0.1, 0.15) is 5.56 Å². The van der Waals surface area contributed by atoms with E-state index in [2.05, 4.69) is 4.98 Å². The lowest BCUT2D eigenvalue weighted by molar-refractivity contribution is 0.205. The first-order valence-electron chi connectivity index (χ1n) is 4.29. The highest BCUT2D eigenvalue weighted by Crippen LogP contribution is 2.08. The van der Waals surface area contributed by atoms with Gasteiger partial charge in [-0.05, 0) is 19.1 Å². The van der Waals surface area contributed by atoms with E-state index in [1.807, 2.05) is 13.0 Å². The maximum absolute atomic E-state index is 11.7. The van der Waals surface area contributed by atoms with Crippen LogP contribution in [0.4, 0.5) is 0 Å². The molecular weight excluding hydrogens is 180 g/mol. The summed E-state index contributed by atoms with van der Waals surface area (Å²) in [7, 11) is 0. The number of aliphatic hydroxyl groups excluding tert-OH is 1. The molecule has 2 rings (SSSR count). The summed E-state index contributed by atoms with van der Waals surface area (Å²) in [6, 6.07) is 5.47. The first kappa shape index (κ1) is 8.90. The van der Waals surface area contributed by atoms with Gasteiger partial charge in [-0.15, -0.1) is 0 Å². The summed E-state index contributed by atoms with van der Waals surface area (Å²) in [6.07, 6.45) is 1.35. The third kappa shape index (κ3) is 1.29. The lowest BCUT2D eigenvalue weighted by atomic mass is 10.2. The van der Waals surface area contributed by atoms with Gasteiger partial charge in [0.15, 0.2) is 0 Å². The third-order valence-electron chi connectivity index (χ3n) is 2.13. The molecule has 0 radical (unpaired) electrons. The molecule has 72 valence electrons. The van der Waals surface area contributed by atoms with Crippen LogP contribution in [0.15, 0.2) is 29.3 Å². The molecule has 0 amide bonds. The number of benzene rings is 1. The maximum atomic E-state index is 11.7. The zero-order valence-corrected chi connectivity index (χ0v) is 7.77. The lowest BCUT2D eigenvalue weighted by Crippen LogP contribution is -2.20. The summed E-state index contributed by atoms with van der Waals surface area (Å²) >= 11 is 0. The van der Waals surface area contributed by atoms with E-state index in [-0.39, 0.29) is 12.3 Å². The molecule has 1 aromatic heterocycles. The highest BCUT2D eigenvalue weighted by atomic mass is 16.3. The molecule has 2 aromatic rings. The Balaban J connectivity index is 2.87. The van der Waals surface area contributed by atoms with E-state index in [0.29, 0.717) is 10.9 Å². The van der Waals surface area contributed by atoms with Gasteiger partial charge in [0.1, 0.15) is 13.1 Å². The molecule has 0 atom stereocenters. The van der Waals surface area contributed by atoms with Crippen LogP contribution in [0.25, 0.3) is 10.9 Å². The summed E-state index contributed by atoms with van der Waals surface area (Å²) in [5.74, 6) is 0. The molecule has 0 aliphatic heterocycles. The first-order chi connectivity index (χ1) is 6.72. The number of rotatable bonds is 1. The SMILES string of the molecule is Cc1ccc2ncn(CO)c(=O)c2c1. The highest BCUT2D eigenvalue weighted by Gasteiger charge is 2.02. The minimum Gasteiger partial charge on any atom is -0.376 e. The van der Waals surface area contributed by atoms with Crippen LogP contribution in [-0.2, 0) is 6.73 Å². The Morgan fingerprint density at radius 1 is 1.50 bits per heavy atom. The molecule has 0 bridgehead atoms. The second-order valence-electron chi connectivity index (χ2n) is 3.18. The van der Waals surface area contributed by atoms with Crippen molar-refractivity contribution in [2.75, 3.05) is 0 Å². The molecule has 0 saturated heterocycles. The molecule has 4 nitrogen and oxygen atoms in total. The fourth-order valence-electron chi connectivity index (χ4n) is 1.37. The predicted molar refractivity (Wildman–Crippen MR) is 53.0 cm³/mol. The summed E-state index contributed by atoms with van der Waals surface area (Å²) in [4.78, 5) is 15.7. The predicted octanol–water partition coefficient (Wildman–Crippen LogP) is 0.655. The van der Waals surface area contributed by atoms with Gasteiger partial charge in [0, 0.05) is 0 Å². The fraction of sp³-hybridized carbons (Fsp3) is 0.200. The number of nitrogens with zero attached hydrogens (tertiary/aromatic N) is 2. The molecule has 0 fully saturated rings. The number of aromatic nitrogens is 2. The molecule has 0 unspecified atom stereocenters. The van der Waals surface area contributed by atoms with Crippen LogP contribution in [-0.4, -0.2) is 14.7 Å². The van der Waals surface area contributed by atoms with Crippen molar-refractivity contribution in [3.8, 4) is 0 Å². The Morgan fingerprint density at radius 2 is 2.29 bits per heavy atom. The topological polar surface area (TPSA) is 55.1 Å². The first-order valence-corrected chi connectivity index (χ1v) is 4.29. The minimum absolute atomic E-state index is 0.207. The maximum Gasteiger partial charge on any atom is 0.263 e. The van der Waals surface area contributed by atoms with E-state index in [9.17, 15) is 4.79 Å². The lowest BCUT2D eigenvalue weighted by Gasteiger charge is -2.02. The van der Waals surface area contributed by atoms with Crippen LogP contribution in [0.5, 0.6) is 0 Å². The van der Waals surface area contributed by atoms with Gasteiger partial charge >= 0.3 is 0 Å². The summed E-state index contributed by atoms with van der Waals surface area (Å²) in [5, 5.41) is 9.41. The quantitative estimate of drug-likeness (QED) is 0.718. The molecule has 0 aliphatic rings.